The minimum absolute atomic E-state index is 0.377. The van der Waals surface area contributed by atoms with Crippen LogP contribution in [0.3, 0.4) is 0 Å². The molecule has 11 aromatic rings. The van der Waals surface area contributed by atoms with E-state index in [1.807, 2.05) is 103 Å². The Balaban J connectivity index is 1.36. The van der Waals surface area contributed by atoms with Gasteiger partial charge in [-0.25, -0.2) is 24.9 Å². The van der Waals surface area contributed by atoms with Crippen LogP contribution >= 0.6 is 0 Å². The quantitative estimate of drug-likeness (QED) is 0.170. The molecule has 5 aromatic carbocycles. The van der Waals surface area contributed by atoms with Crippen molar-refractivity contribution < 1.29 is 4.42 Å². The molecule has 11 rings (SSSR count). The number of benzene rings is 5. The highest BCUT2D eigenvalue weighted by atomic mass is 16.3. The monoisotopic (exact) mass is 707 g/mol. The maximum atomic E-state index is 6.08. The van der Waals surface area contributed by atoms with Crippen molar-refractivity contribution in [1.29, 1.82) is 0 Å². The van der Waals surface area contributed by atoms with E-state index in [1.165, 1.54) is 0 Å². The smallest absolute Gasteiger partial charge is 0.226 e. The Labute approximate surface area is 312 Å². The Kier molecular flexibility index (Phi) is 6.92. The number of rotatable bonds is 5. The molecule has 0 fully saturated rings. The number of fused-ring (bicyclic) bond motifs is 5. The van der Waals surface area contributed by atoms with Gasteiger partial charge in [-0.1, -0.05) is 84.9 Å². The van der Waals surface area contributed by atoms with Gasteiger partial charge in [0.25, 0.3) is 0 Å². The second kappa shape index (κ2) is 12.4. The molecule has 0 aliphatic heterocycles. The van der Waals surface area contributed by atoms with Crippen LogP contribution in [0.5, 0.6) is 0 Å². The summed E-state index contributed by atoms with van der Waals surface area (Å²) in [5, 5.41) is 14.8. The van der Waals surface area contributed by atoms with E-state index in [2.05, 4.69) is 34.3 Å². The van der Waals surface area contributed by atoms with E-state index in [0.29, 0.717) is 51.0 Å². The van der Waals surface area contributed by atoms with E-state index in [-0.39, 0.29) is 0 Å². The Bertz CT molecular complexity index is 3280. The molecule has 0 aliphatic carbocycles. The van der Waals surface area contributed by atoms with Gasteiger partial charge in [0.05, 0.1) is 52.0 Å². The minimum atomic E-state index is 0.377. The lowest BCUT2D eigenvalue weighted by molar-refractivity contribution is 0.575. The van der Waals surface area contributed by atoms with Crippen molar-refractivity contribution in [2.45, 2.75) is 0 Å². The van der Waals surface area contributed by atoms with Gasteiger partial charge >= 0.3 is 0 Å². The molecule has 0 spiro atoms. The third kappa shape index (κ3) is 5.07. The standard InChI is InChI=1S/C45H25N9O/c1-4-12-29-26(9-1)19-20-46-41(29)40-38(35-18-17-27-10-3-6-14-32(27)50-35)31(45-47-21-22-55-45)23-36-39(40)43(42-30-13-5-2-11-28(30)24-49-54-42)53-44(52-36)37-25-48-33-15-7-8-16-34(33)51-37/h1-25H. The van der Waals surface area contributed by atoms with Gasteiger partial charge in [0, 0.05) is 49.8 Å². The summed E-state index contributed by atoms with van der Waals surface area (Å²) in [6, 6.07) is 40.1. The lowest BCUT2D eigenvalue weighted by Gasteiger charge is -2.20. The number of nitrogens with zero attached hydrogens (tertiary/aromatic N) is 9. The fraction of sp³-hybridized carbons (Fsp3) is 0. The molecule has 0 amide bonds. The molecule has 10 heteroatoms. The number of oxazole rings is 1. The van der Waals surface area contributed by atoms with E-state index < -0.39 is 0 Å². The first-order valence-corrected chi connectivity index (χ1v) is 17.7. The summed E-state index contributed by atoms with van der Waals surface area (Å²) >= 11 is 0. The largest absolute Gasteiger partial charge is 0.445 e. The van der Waals surface area contributed by atoms with Gasteiger partial charge in [-0.2, -0.15) is 5.10 Å². The van der Waals surface area contributed by atoms with Crippen LogP contribution < -0.4 is 0 Å². The van der Waals surface area contributed by atoms with E-state index in [1.54, 1.807) is 24.9 Å². The molecule has 55 heavy (non-hydrogen) atoms. The zero-order chi connectivity index (χ0) is 36.3. The van der Waals surface area contributed by atoms with E-state index >= 15 is 0 Å². The van der Waals surface area contributed by atoms with Crippen molar-refractivity contribution in [2.75, 3.05) is 0 Å². The van der Waals surface area contributed by atoms with Crippen LogP contribution in [-0.2, 0) is 0 Å². The van der Waals surface area contributed by atoms with Crippen molar-refractivity contribution >= 4 is 54.4 Å². The average molecular weight is 708 g/mol. The van der Waals surface area contributed by atoms with E-state index in [4.69, 9.17) is 39.4 Å². The highest BCUT2D eigenvalue weighted by molar-refractivity contribution is 6.17. The molecule has 0 aliphatic rings. The zero-order valence-electron chi connectivity index (χ0n) is 28.9. The first kappa shape index (κ1) is 30.7. The molecule has 256 valence electrons. The average Bonchev–Trinajstić information content (AvgIpc) is 3.80. The molecule has 0 saturated heterocycles. The van der Waals surface area contributed by atoms with Crippen molar-refractivity contribution in [2.24, 2.45) is 0 Å². The fourth-order valence-corrected chi connectivity index (χ4v) is 7.40. The molecule has 0 atom stereocenters. The van der Waals surface area contributed by atoms with Crippen molar-refractivity contribution in [3.8, 4) is 56.9 Å². The van der Waals surface area contributed by atoms with E-state index in [9.17, 15) is 0 Å². The van der Waals surface area contributed by atoms with Crippen LogP contribution in [0.2, 0.25) is 0 Å². The van der Waals surface area contributed by atoms with Crippen LogP contribution in [0.1, 0.15) is 0 Å². The Morgan fingerprint density at radius 3 is 2.05 bits per heavy atom. The number of para-hydroxylation sites is 3. The van der Waals surface area contributed by atoms with Crippen molar-refractivity contribution in [3.63, 3.8) is 0 Å². The highest BCUT2D eigenvalue weighted by Gasteiger charge is 2.28. The highest BCUT2D eigenvalue weighted by Crippen LogP contribution is 2.48. The summed E-state index contributed by atoms with van der Waals surface area (Å²) in [6.07, 6.45) is 8.50. The predicted molar refractivity (Wildman–Crippen MR) is 214 cm³/mol. The molecular formula is C45H25N9O. The molecule has 6 heterocycles. The van der Waals surface area contributed by atoms with Crippen molar-refractivity contribution in [1.82, 2.24) is 45.1 Å². The fourth-order valence-electron chi connectivity index (χ4n) is 7.40. The third-order valence-electron chi connectivity index (χ3n) is 9.89. The first-order chi connectivity index (χ1) is 27.3. The van der Waals surface area contributed by atoms with Gasteiger partial charge in [0.15, 0.2) is 5.82 Å². The SMILES string of the molecule is c1ccc2nc(-c3c(-c4ncco4)cc4nc(-c5cnc6ccccc6n5)nc(-c5nncc6ccccc56)c4c3-c3nccc4ccccc34)ccc2c1. The van der Waals surface area contributed by atoms with Gasteiger partial charge < -0.3 is 4.42 Å². The Hall–Kier alpha value is -7.85. The van der Waals surface area contributed by atoms with Crippen LogP contribution in [0.4, 0.5) is 0 Å². The molecule has 0 radical (unpaired) electrons. The van der Waals surface area contributed by atoms with Crippen LogP contribution in [0.15, 0.2) is 157 Å². The first-order valence-electron chi connectivity index (χ1n) is 17.7. The Morgan fingerprint density at radius 1 is 0.455 bits per heavy atom. The van der Waals surface area contributed by atoms with Gasteiger partial charge in [-0.15, -0.1) is 5.10 Å². The molecule has 0 bridgehead atoms. The molecular weight excluding hydrogens is 683 g/mol. The molecule has 0 unspecified atom stereocenters. The second-order valence-electron chi connectivity index (χ2n) is 13.1. The maximum Gasteiger partial charge on any atom is 0.226 e. The van der Waals surface area contributed by atoms with Gasteiger partial charge in [-0.3, -0.25) is 9.97 Å². The topological polar surface area (TPSA) is 129 Å². The maximum absolute atomic E-state index is 6.08. The zero-order valence-corrected chi connectivity index (χ0v) is 28.9. The summed E-state index contributed by atoms with van der Waals surface area (Å²) in [4.78, 5) is 35.3. The van der Waals surface area contributed by atoms with Crippen molar-refractivity contribution in [3.05, 3.63) is 152 Å². The summed E-state index contributed by atoms with van der Waals surface area (Å²) in [5.41, 5.74) is 8.25. The number of hydrogen-bond acceptors (Lipinski definition) is 10. The predicted octanol–water partition coefficient (Wildman–Crippen LogP) is 9.94. The lowest BCUT2D eigenvalue weighted by atomic mass is 9.88. The normalized spacial score (nSPS) is 11.6. The van der Waals surface area contributed by atoms with Gasteiger partial charge in [-0.05, 0) is 41.8 Å². The van der Waals surface area contributed by atoms with Gasteiger partial charge in [0.2, 0.25) is 5.89 Å². The summed E-state index contributed by atoms with van der Waals surface area (Å²) in [5.74, 6) is 0.785. The summed E-state index contributed by atoms with van der Waals surface area (Å²) in [7, 11) is 0. The molecule has 0 saturated carbocycles. The summed E-state index contributed by atoms with van der Waals surface area (Å²) in [6.45, 7) is 0. The molecule has 10 nitrogen and oxygen atoms in total. The van der Waals surface area contributed by atoms with Gasteiger partial charge in [0.1, 0.15) is 23.3 Å². The van der Waals surface area contributed by atoms with Crippen LogP contribution in [0, 0.1) is 0 Å². The third-order valence-corrected chi connectivity index (χ3v) is 9.89. The van der Waals surface area contributed by atoms with E-state index in [0.717, 1.165) is 60.3 Å². The van der Waals surface area contributed by atoms with Crippen LogP contribution in [0.25, 0.3) is 111 Å². The number of aromatic nitrogens is 9. The number of pyridine rings is 2. The Morgan fingerprint density at radius 2 is 1.20 bits per heavy atom. The molecule has 0 N–H and O–H groups in total. The minimum Gasteiger partial charge on any atom is -0.445 e. The second-order valence-corrected chi connectivity index (χ2v) is 13.1. The number of hydrogen-bond donors (Lipinski definition) is 0. The lowest BCUT2D eigenvalue weighted by Crippen LogP contribution is -2.04. The summed E-state index contributed by atoms with van der Waals surface area (Å²) < 4.78 is 6.08. The van der Waals surface area contributed by atoms with Crippen LogP contribution in [-0.4, -0.2) is 45.1 Å². The molecule has 6 aromatic heterocycles.